The molecule has 2 aromatic rings. The highest BCUT2D eigenvalue weighted by Crippen LogP contribution is 2.15. The summed E-state index contributed by atoms with van der Waals surface area (Å²) in [4.78, 5) is 11.7. The molecule has 2 rings (SSSR count). The molecule has 0 aliphatic heterocycles. The van der Waals surface area contributed by atoms with Gasteiger partial charge < -0.3 is 15.6 Å². The second-order valence-corrected chi connectivity index (χ2v) is 3.51. The Labute approximate surface area is 97.5 Å². The number of imidazole rings is 1. The van der Waals surface area contributed by atoms with E-state index >= 15 is 0 Å². The summed E-state index contributed by atoms with van der Waals surface area (Å²) in [6.07, 6.45) is 6.85. The number of halogens is 1. The minimum atomic E-state index is 0.180. The zero-order valence-corrected chi connectivity index (χ0v) is 9.22. The first kappa shape index (κ1) is 10.7. The summed E-state index contributed by atoms with van der Waals surface area (Å²) in [5.74, 6) is 0.556. The van der Waals surface area contributed by atoms with Crippen molar-refractivity contribution in [3.63, 3.8) is 0 Å². The number of aromatic nitrogens is 4. The molecule has 0 spiro atoms. The van der Waals surface area contributed by atoms with Crippen molar-refractivity contribution in [2.75, 3.05) is 17.6 Å². The van der Waals surface area contributed by atoms with Crippen molar-refractivity contribution in [3.05, 3.63) is 30.2 Å². The predicted molar refractivity (Wildman–Crippen MR) is 62.2 cm³/mol. The molecule has 0 saturated heterocycles. The Morgan fingerprint density at radius 1 is 1.50 bits per heavy atom. The van der Waals surface area contributed by atoms with Gasteiger partial charge >= 0.3 is 0 Å². The number of hydrogen-bond acceptors (Lipinski definition) is 5. The van der Waals surface area contributed by atoms with Crippen molar-refractivity contribution in [3.8, 4) is 0 Å². The van der Waals surface area contributed by atoms with Crippen LogP contribution in [0.15, 0.2) is 24.9 Å². The second-order valence-electron chi connectivity index (χ2n) is 3.17. The highest BCUT2D eigenvalue weighted by Gasteiger charge is 2.01. The van der Waals surface area contributed by atoms with Crippen LogP contribution in [-0.2, 0) is 6.54 Å². The highest BCUT2D eigenvalue weighted by molar-refractivity contribution is 6.28. The van der Waals surface area contributed by atoms with Gasteiger partial charge in [-0.15, -0.1) is 0 Å². The van der Waals surface area contributed by atoms with Gasteiger partial charge in [0.25, 0.3) is 0 Å². The summed E-state index contributed by atoms with van der Waals surface area (Å²) in [5, 5.41) is 3.26. The summed E-state index contributed by atoms with van der Waals surface area (Å²) in [6, 6.07) is 0. The van der Waals surface area contributed by atoms with E-state index in [0.717, 1.165) is 6.54 Å². The van der Waals surface area contributed by atoms with E-state index < -0.39 is 0 Å². The maximum absolute atomic E-state index is 5.68. The van der Waals surface area contributed by atoms with Gasteiger partial charge in [-0.1, -0.05) is 0 Å². The Morgan fingerprint density at radius 3 is 3.12 bits per heavy atom. The first-order valence-electron chi connectivity index (χ1n) is 4.73. The van der Waals surface area contributed by atoms with Crippen LogP contribution >= 0.6 is 11.6 Å². The maximum atomic E-state index is 5.68. The summed E-state index contributed by atoms with van der Waals surface area (Å²) in [5.41, 5.74) is 6.17. The smallest absolute Gasteiger partial charge is 0.224 e. The van der Waals surface area contributed by atoms with Crippen LogP contribution in [0, 0.1) is 0 Å². The van der Waals surface area contributed by atoms with E-state index in [1.165, 1.54) is 6.20 Å². The number of anilines is 2. The fourth-order valence-electron chi connectivity index (χ4n) is 1.23. The molecular formula is C9H11ClN6. The summed E-state index contributed by atoms with van der Waals surface area (Å²) < 4.78 is 1.95. The first-order chi connectivity index (χ1) is 7.75. The van der Waals surface area contributed by atoms with Crippen LogP contribution in [0.5, 0.6) is 0 Å². The van der Waals surface area contributed by atoms with E-state index in [9.17, 15) is 0 Å². The molecule has 0 aliphatic carbocycles. The molecule has 0 fully saturated rings. The fourth-order valence-corrected chi connectivity index (χ4v) is 1.37. The zero-order valence-electron chi connectivity index (χ0n) is 8.47. The lowest BCUT2D eigenvalue weighted by Gasteiger charge is -2.08. The molecule has 0 aromatic carbocycles. The number of nitrogens with two attached hydrogens (primary N) is 1. The average Bonchev–Trinajstić information content (AvgIpc) is 2.76. The third kappa shape index (κ3) is 2.60. The van der Waals surface area contributed by atoms with Crippen molar-refractivity contribution in [2.45, 2.75) is 6.54 Å². The Kier molecular flexibility index (Phi) is 3.21. The third-order valence-corrected chi connectivity index (χ3v) is 2.19. The molecule has 0 aliphatic rings. The monoisotopic (exact) mass is 238 g/mol. The molecule has 2 heterocycles. The van der Waals surface area contributed by atoms with Crippen molar-refractivity contribution in [1.29, 1.82) is 0 Å². The average molecular weight is 239 g/mol. The van der Waals surface area contributed by atoms with Gasteiger partial charge in [0.1, 0.15) is 0 Å². The van der Waals surface area contributed by atoms with Crippen LogP contribution in [0.3, 0.4) is 0 Å². The van der Waals surface area contributed by atoms with Gasteiger partial charge in [0, 0.05) is 25.5 Å². The minimum Gasteiger partial charge on any atom is -0.394 e. The molecule has 16 heavy (non-hydrogen) atoms. The lowest BCUT2D eigenvalue weighted by atomic mass is 10.4. The second kappa shape index (κ2) is 4.80. The van der Waals surface area contributed by atoms with E-state index in [-0.39, 0.29) is 5.28 Å². The van der Waals surface area contributed by atoms with E-state index in [4.69, 9.17) is 17.3 Å². The molecule has 0 amide bonds. The zero-order chi connectivity index (χ0) is 11.4. The van der Waals surface area contributed by atoms with Gasteiger partial charge in [-0.3, -0.25) is 0 Å². The van der Waals surface area contributed by atoms with Crippen molar-refractivity contribution in [2.24, 2.45) is 0 Å². The van der Waals surface area contributed by atoms with Gasteiger partial charge in [-0.2, -0.15) is 4.98 Å². The van der Waals surface area contributed by atoms with Crippen LogP contribution in [0.4, 0.5) is 11.5 Å². The molecule has 7 heteroatoms. The Morgan fingerprint density at radius 2 is 2.38 bits per heavy atom. The molecule has 3 N–H and O–H groups in total. The maximum Gasteiger partial charge on any atom is 0.224 e. The highest BCUT2D eigenvalue weighted by atomic mass is 35.5. The molecule has 6 nitrogen and oxygen atoms in total. The SMILES string of the molecule is Nc1cnc(Cl)nc1NCCn1ccnc1. The Bertz CT molecular complexity index is 455. The topological polar surface area (TPSA) is 81.6 Å². The molecule has 0 bridgehead atoms. The molecular weight excluding hydrogens is 228 g/mol. The van der Waals surface area contributed by atoms with Crippen LogP contribution in [0.25, 0.3) is 0 Å². The summed E-state index contributed by atoms with van der Waals surface area (Å²) >= 11 is 5.66. The number of nitrogens with one attached hydrogen (secondary N) is 1. The number of nitrogen functional groups attached to an aromatic ring is 1. The van der Waals surface area contributed by atoms with Crippen LogP contribution in [0.2, 0.25) is 5.28 Å². The fraction of sp³-hybridized carbons (Fsp3) is 0.222. The molecule has 0 unspecified atom stereocenters. The number of nitrogens with zero attached hydrogens (tertiary/aromatic N) is 4. The minimum absolute atomic E-state index is 0.180. The first-order valence-corrected chi connectivity index (χ1v) is 5.11. The van der Waals surface area contributed by atoms with Gasteiger partial charge in [0.15, 0.2) is 5.82 Å². The quantitative estimate of drug-likeness (QED) is 0.778. The molecule has 0 saturated carbocycles. The normalized spacial score (nSPS) is 10.3. The van der Waals surface area contributed by atoms with Gasteiger partial charge in [-0.05, 0) is 11.6 Å². The van der Waals surface area contributed by atoms with E-state index in [2.05, 4.69) is 20.3 Å². The Hall–Kier alpha value is -1.82. The van der Waals surface area contributed by atoms with Crippen LogP contribution < -0.4 is 11.1 Å². The van der Waals surface area contributed by atoms with Gasteiger partial charge in [0.05, 0.1) is 18.2 Å². The van der Waals surface area contributed by atoms with E-state index in [1.807, 2.05) is 10.8 Å². The standard InChI is InChI=1S/C9H11ClN6/c10-9-14-5-7(11)8(15-9)13-2-4-16-3-1-12-6-16/h1,3,5-6H,2,4,11H2,(H,13,14,15). The number of rotatable bonds is 4. The van der Waals surface area contributed by atoms with Gasteiger partial charge in [0.2, 0.25) is 5.28 Å². The lowest BCUT2D eigenvalue weighted by Crippen LogP contribution is -2.12. The van der Waals surface area contributed by atoms with E-state index in [0.29, 0.717) is 18.1 Å². The Balaban J connectivity index is 1.92. The number of hydrogen-bond donors (Lipinski definition) is 2. The van der Waals surface area contributed by atoms with Crippen molar-refractivity contribution < 1.29 is 0 Å². The lowest BCUT2D eigenvalue weighted by molar-refractivity contribution is 0.725. The van der Waals surface area contributed by atoms with Crippen LogP contribution in [-0.4, -0.2) is 26.1 Å². The van der Waals surface area contributed by atoms with E-state index in [1.54, 1.807) is 12.5 Å². The third-order valence-electron chi connectivity index (χ3n) is 2.01. The summed E-state index contributed by atoms with van der Waals surface area (Å²) in [6.45, 7) is 1.47. The van der Waals surface area contributed by atoms with Crippen LogP contribution in [0.1, 0.15) is 0 Å². The van der Waals surface area contributed by atoms with Gasteiger partial charge in [-0.25, -0.2) is 9.97 Å². The molecule has 0 radical (unpaired) electrons. The van der Waals surface area contributed by atoms with Crippen molar-refractivity contribution >= 4 is 23.1 Å². The molecule has 84 valence electrons. The summed E-state index contributed by atoms with van der Waals surface area (Å²) in [7, 11) is 0. The molecule has 0 atom stereocenters. The predicted octanol–water partition coefficient (Wildman–Crippen LogP) is 1.02. The molecule has 2 aromatic heterocycles. The largest absolute Gasteiger partial charge is 0.394 e. The van der Waals surface area contributed by atoms with Crippen molar-refractivity contribution in [1.82, 2.24) is 19.5 Å².